The monoisotopic (exact) mass is 501 g/mol. The van der Waals surface area contributed by atoms with Gasteiger partial charge in [0.15, 0.2) is 5.69 Å². The topological polar surface area (TPSA) is 56.6 Å². The van der Waals surface area contributed by atoms with Crippen LogP contribution in [0.2, 0.25) is 0 Å². The van der Waals surface area contributed by atoms with E-state index in [0.29, 0.717) is 31.5 Å². The van der Waals surface area contributed by atoms with Gasteiger partial charge in [-0.05, 0) is 73.2 Å². The minimum Gasteiger partial charge on any atom is -0.496 e. The second-order valence-electron chi connectivity index (χ2n) is 9.88. The highest BCUT2D eigenvalue weighted by atomic mass is 79.9. The first-order valence-electron chi connectivity index (χ1n) is 11.8. The summed E-state index contributed by atoms with van der Waals surface area (Å²) in [6.45, 7) is 5.90. The number of aryl methyl sites for hydroxylation is 1. The Hall–Kier alpha value is -1.86. The van der Waals surface area contributed by atoms with Crippen LogP contribution in [0.3, 0.4) is 0 Å². The summed E-state index contributed by atoms with van der Waals surface area (Å²) in [5.41, 5.74) is 4.98. The van der Waals surface area contributed by atoms with Crippen LogP contribution in [-0.2, 0) is 17.6 Å². The lowest BCUT2D eigenvalue weighted by Gasteiger charge is -2.41. The Morgan fingerprint density at radius 1 is 1.22 bits per heavy atom. The van der Waals surface area contributed by atoms with Gasteiger partial charge in [-0.3, -0.25) is 9.48 Å². The summed E-state index contributed by atoms with van der Waals surface area (Å²) in [6, 6.07) is 4.64. The molecule has 1 aliphatic heterocycles. The highest BCUT2D eigenvalue weighted by Crippen LogP contribution is 2.43. The molecule has 1 saturated heterocycles. The van der Waals surface area contributed by atoms with Crippen molar-refractivity contribution in [2.24, 2.45) is 0 Å². The third-order valence-electron chi connectivity index (χ3n) is 7.30. The SMILES string of the molecule is COc1cc2c(cc1Br)-c1c(c(C(=O)N3CCOCC3(C)C)nn1C1CCCCC1)CC2. The van der Waals surface area contributed by atoms with Crippen molar-refractivity contribution in [3.05, 3.63) is 33.4 Å². The van der Waals surface area contributed by atoms with E-state index >= 15 is 0 Å². The first-order valence-corrected chi connectivity index (χ1v) is 12.6. The molecule has 0 bridgehead atoms. The summed E-state index contributed by atoms with van der Waals surface area (Å²) in [5.74, 6) is 0.891. The van der Waals surface area contributed by atoms with E-state index in [9.17, 15) is 4.79 Å². The van der Waals surface area contributed by atoms with Crippen molar-refractivity contribution < 1.29 is 14.3 Å². The van der Waals surface area contributed by atoms with Crippen LogP contribution in [0.4, 0.5) is 0 Å². The van der Waals surface area contributed by atoms with Crippen molar-refractivity contribution in [1.29, 1.82) is 0 Å². The minimum atomic E-state index is -0.334. The predicted molar refractivity (Wildman–Crippen MR) is 127 cm³/mol. The summed E-state index contributed by atoms with van der Waals surface area (Å²) >= 11 is 3.68. The first-order chi connectivity index (χ1) is 15.4. The van der Waals surface area contributed by atoms with Crippen LogP contribution in [0.5, 0.6) is 5.75 Å². The van der Waals surface area contributed by atoms with Gasteiger partial charge in [-0.2, -0.15) is 5.10 Å². The number of carbonyl (C=O) groups is 1. The fourth-order valence-electron chi connectivity index (χ4n) is 5.55. The molecular formula is C25H32BrN3O3. The number of morpholine rings is 1. The Morgan fingerprint density at radius 2 is 2.00 bits per heavy atom. The number of rotatable bonds is 3. The van der Waals surface area contributed by atoms with Gasteiger partial charge in [0.05, 0.1) is 42.1 Å². The molecule has 2 heterocycles. The normalized spacial score (nSPS) is 20.6. The van der Waals surface area contributed by atoms with E-state index in [1.54, 1.807) is 7.11 Å². The Kier molecular flexibility index (Phi) is 5.82. The zero-order valence-electron chi connectivity index (χ0n) is 19.2. The standard InChI is InChI=1S/C25H32BrN3O3/c1-25(2)15-32-12-11-28(25)24(30)22-18-10-9-16-13-21(31-3)20(26)14-19(16)23(18)29(27-22)17-7-5-4-6-8-17/h13-14,17H,4-12,15H2,1-3H3. The number of hydrogen-bond donors (Lipinski definition) is 0. The number of amides is 1. The van der Waals surface area contributed by atoms with Crippen LogP contribution in [0.15, 0.2) is 16.6 Å². The lowest BCUT2D eigenvalue weighted by Crippen LogP contribution is -2.55. The molecule has 2 fully saturated rings. The van der Waals surface area contributed by atoms with Crippen molar-refractivity contribution in [2.45, 2.75) is 70.4 Å². The molecule has 5 rings (SSSR count). The molecule has 0 radical (unpaired) electrons. The summed E-state index contributed by atoms with van der Waals surface area (Å²) in [7, 11) is 1.70. The molecule has 1 saturated carbocycles. The number of fused-ring (bicyclic) bond motifs is 3. The first kappa shape index (κ1) is 22.0. The maximum atomic E-state index is 13.8. The zero-order chi connectivity index (χ0) is 22.5. The molecule has 7 heteroatoms. The smallest absolute Gasteiger partial charge is 0.275 e. The average molecular weight is 502 g/mol. The number of methoxy groups -OCH3 is 1. The van der Waals surface area contributed by atoms with Gasteiger partial charge in [0.1, 0.15) is 5.75 Å². The lowest BCUT2D eigenvalue weighted by molar-refractivity contribution is -0.0374. The largest absolute Gasteiger partial charge is 0.496 e. The zero-order valence-corrected chi connectivity index (χ0v) is 20.8. The van der Waals surface area contributed by atoms with Crippen LogP contribution in [0.25, 0.3) is 11.3 Å². The quantitative estimate of drug-likeness (QED) is 0.581. The third kappa shape index (κ3) is 3.67. The third-order valence-corrected chi connectivity index (χ3v) is 7.92. The highest BCUT2D eigenvalue weighted by Gasteiger charge is 2.39. The maximum absolute atomic E-state index is 13.8. The van der Waals surface area contributed by atoms with Gasteiger partial charge < -0.3 is 14.4 Å². The van der Waals surface area contributed by atoms with Crippen LogP contribution < -0.4 is 4.74 Å². The molecule has 0 atom stereocenters. The van der Waals surface area contributed by atoms with Gasteiger partial charge >= 0.3 is 0 Å². The van der Waals surface area contributed by atoms with Crippen molar-refractivity contribution in [3.8, 4) is 17.0 Å². The molecule has 2 aromatic rings. The number of carbonyl (C=O) groups excluding carboxylic acids is 1. The number of benzene rings is 1. The number of ether oxygens (including phenoxy) is 2. The van der Waals surface area contributed by atoms with Crippen molar-refractivity contribution in [1.82, 2.24) is 14.7 Å². The molecule has 32 heavy (non-hydrogen) atoms. The van der Waals surface area contributed by atoms with Crippen LogP contribution in [-0.4, -0.2) is 53.0 Å². The molecule has 3 aliphatic rings. The van der Waals surface area contributed by atoms with E-state index in [4.69, 9.17) is 14.6 Å². The fourth-order valence-corrected chi connectivity index (χ4v) is 6.06. The fraction of sp³-hybridized carbons (Fsp3) is 0.600. The number of aromatic nitrogens is 2. The van der Waals surface area contributed by atoms with E-state index in [1.807, 2.05) is 4.90 Å². The van der Waals surface area contributed by atoms with Gasteiger partial charge in [0.2, 0.25) is 0 Å². The van der Waals surface area contributed by atoms with Crippen LogP contribution in [0.1, 0.15) is 73.6 Å². The molecule has 172 valence electrons. The lowest BCUT2D eigenvalue weighted by atomic mass is 9.87. The summed E-state index contributed by atoms with van der Waals surface area (Å²) in [5, 5.41) is 5.07. The summed E-state index contributed by atoms with van der Waals surface area (Å²) in [4.78, 5) is 15.8. The molecule has 1 aromatic heterocycles. The van der Waals surface area contributed by atoms with E-state index in [0.717, 1.165) is 47.2 Å². The Morgan fingerprint density at radius 3 is 2.72 bits per heavy atom. The van der Waals surface area contributed by atoms with Crippen molar-refractivity contribution in [2.75, 3.05) is 26.9 Å². The molecule has 0 spiro atoms. The summed E-state index contributed by atoms with van der Waals surface area (Å²) < 4.78 is 14.3. The second kappa shape index (κ2) is 8.49. The second-order valence-corrected chi connectivity index (χ2v) is 10.7. The molecular weight excluding hydrogens is 470 g/mol. The molecule has 0 unspecified atom stereocenters. The minimum absolute atomic E-state index is 0.0418. The van der Waals surface area contributed by atoms with E-state index in [1.165, 1.54) is 30.4 Å². The molecule has 6 nitrogen and oxygen atoms in total. The van der Waals surface area contributed by atoms with E-state index in [2.05, 4.69) is 46.6 Å². The van der Waals surface area contributed by atoms with Crippen LogP contribution in [0, 0.1) is 0 Å². The number of nitrogens with zero attached hydrogens (tertiary/aromatic N) is 3. The summed E-state index contributed by atoms with van der Waals surface area (Å²) in [6.07, 6.45) is 7.68. The van der Waals surface area contributed by atoms with E-state index in [-0.39, 0.29) is 11.4 Å². The maximum Gasteiger partial charge on any atom is 0.275 e. The Labute approximate surface area is 198 Å². The van der Waals surface area contributed by atoms with Crippen molar-refractivity contribution >= 4 is 21.8 Å². The molecule has 1 amide bonds. The van der Waals surface area contributed by atoms with Gasteiger partial charge in [-0.1, -0.05) is 19.3 Å². The van der Waals surface area contributed by atoms with E-state index < -0.39 is 0 Å². The van der Waals surface area contributed by atoms with Gasteiger partial charge in [-0.25, -0.2) is 0 Å². The van der Waals surface area contributed by atoms with Gasteiger partial charge in [0.25, 0.3) is 5.91 Å². The molecule has 0 N–H and O–H groups in total. The van der Waals surface area contributed by atoms with Gasteiger partial charge in [0, 0.05) is 17.7 Å². The Balaban J connectivity index is 1.65. The van der Waals surface area contributed by atoms with Crippen molar-refractivity contribution in [3.63, 3.8) is 0 Å². The number of hydrogen-bond acceptors (Lipinski definition) is 4. The molecule has 1 aromatic carbocycles. The molecule has 2 aliphatic carbocycles. The van der Waals surface area contributed by atoms with Gasteiger partial charge in [-0.15, -0.1) is 0 Å². The van der Waals surface area contributed by atoms with Crippen LogP contribution >= 0.6 is 15.9 Å². The Bertz CT molecular complexity index is 1040. The number of halogens is 1. The highest BCUT2D eigenvalue weighted by molar-refractivity contribution is 9.10. The predicted octanol–water partition coefficient (Wildman–Crippen LogP) is 5.18. The average Bonchev–Trinajstić information content (AvgIpc) is 3.19.